The molecule has 0 saturated carbocycles. The van der Waals surface area contributed by atoms with Crippen molar-refractivity contribution in [3.63, 3.8) is 0 Å². The molecule has 2 heterocycles. The molecule has 2 fully saturated rings. The van der Waals surface area contributed by atoms with Crippen LogP contribution in [-0.4, -0.2) is 48.5 Å². The van der Waals surface area contributed by atoms with E-state index in [0.717, 1.165) is 24.9 Å². The molecule has 2 aliphatic heterocycles. The van der Waals surface area contributed by atoms with E-state index in [0.29, 0.717) is 25.3 Å². The summed E-state index contributed by atoms with van der Waals surface area (Å²) >= 11 is 0. The number of likely N-dealkylation sites (tertiary alicyclic amines) is 1. The van der Waals surface area contributed by atoms with E-state index in [4.69, 9.17) is 9.47 Å². The molecule has 1 aromatic rings. The second-order valence-electron chi connectivity index (χ2n) is 5.78. The zero-order valence-electron chi connectivity index (χ0n) is 12.2. The average molecular weight is 291 g/mol. The minimum atomic E-state index is -0.188. The Kier molecular flexibility index (Phi) is 4.12. The summed E-state index contributed by atoms with van der Waals surface area (Å²) in [5.74, 6) is 0.150. The van der Waals surface area contributed by atoms with Crippen LogP contribution in [0.4, 0.5) is 0 Å². The Labute approximate surface area is 124 Å². The molecule has 21 heavy (non-hydrogen) atoms. The van der Waals surface area contributed by atoms with Gasteiger partial charge in [-0.15, -0.1) is 0 Å². The van der Waals surface area contributed by atoms with Gasteiger partial charge < -0.3 is 19.5 Å². The monoisotopic (exact) mass is 291 g/mol. The van der Waals surface area contributed by atoms with Crippen molar-refractivity contribution >= 4 is 5.91 Å². The summed E-state index contributed by atoms with van der Waals surface area (Å²) in [7, 11) is 0. The van der Waals surface area contributed by atoms with Gasteiger partial charge in [0.1, 0.15) is 5.75 Å². The lowest BCUT2D eigenvalue weighted by atomic mass is 9.96. The fourth-order valence-corrected chi connectivity index (χ4v) is 3.06. The summed E-state index contributed by atoms with van der Waals surface area (Å²) in [5.41, 5.74) is 1.34. The number of aromatic hydroxyl groups is 1. The standard InChI is InChI=1S/C16H21NO4/c1-11-4-5-14(18)13(9-11)15(19)17-6-2-3-12(10-17)16-20-7-8-21-16/h4-5,9,12,16,18H,2-3,6-8,10H2,1H3/t12-/m0/s1. The molecule has 0 bridgehead atoms. The number of phenolic OH excluding ortho intramolecular Hbond substituents is 1. The minimum Gasteiger partial charge on any atom is -0.507 e. The van der Waals surface area contributed by atoms with Gasteiger partial charge in [-0.25, -0.2) is 0 Å². The fraction of sp³-hybridized carbons (Fsp3) is 0.562. The van der Waals surface area contributed by atoms with E-state index in [1.807, 2.05) is 6.92 Å². The lowest BCUT2D eigenvalue weighted by molar-refractivity contribution is -0.0969. The van der Waals surface area contributed by atoms with Crippen LogP contribution < -0.4 is 0 Å². The quantitative estimate of drug-likeness (QED) is 0.904. The number of hydrogen-bond acceptors (Lipinski definition) is 4. The van der Waals surface area contributed by atoms with Crippen LogP contribution in [0.1, 0.15) is 28.8 Å². The normalized spacial score (nSPS) is 23.5. The van der Waals surface area contributed by atoms with Gasteiger partial charge in [-0.2, -0.15) is 0 Å². The number of nitrogens with zero attached hydrogens (tertiary/aromatic N) is 1. The zero-order valence-corrected chi connectivity index (χ0v) is 12.2. The molecule has 5 nitrogen and oxygen atoms in total. The highest BCUT2D eigenvalue weighted by Gasteiger charge is 2.33. The number of carbonyl (C=O) groups is 1. The first-order chi connectivity index (χ1) is 10.1. The van der Waals surface area contributed by atoms with E-state index in [9.17, 15) is 9.90 Å². The van der Waals surface area contributed by atoms with E-state index in [-0.39, 0.29) is 23.9 Å². The Morgan fingerprint density at radius 3 is 2.86 bits per heavy atom. The molecule has 0 unspecified atom stereocenters. The summed E-state index contributed by atoms with van der Waals surface area (Å²) in [4.78, 5) is 14.4. The van der Waals surface area contributed by atoms with Crippen molar-refractivity contribution in [2.24, 2.45) is 5.92 Å². The maximum Gasteiger partial charge on any atom is 0.257 e. The van der Waals surface area contributed by atoms with Gasteiger partial charge in [0.15, 0.2) is 6.29 Å². The maximum absolute atomic E-state index is 12.6. The number of aryl methyl sites for hydroxylation is 1. The van der Waals surface area contributed by atoms with E-state index in [1.165, 1.54) is 0 Å². The van der Waals surface area contributed by atoms with Crippen LogP contribution in [0.15, 0.2) is 18.2 Å². The van der Waals surface area contributed by atoms with Crippen LogP contribution >= 0.6 is 0 Å². The molecule has 1 aromatic carbocycles. The molecule has 0 aromatic heterocycles. The van der Waals surface area contributed by atoms with E-state index in [2.05, 4.69) is 0 Å². The van der Waals surface area contributed by atoms with E-state index in [1.54, 1.807) is 23.1 Å². The Hall–Kier alpha value is -1.59. The van der Waals surface area contributed by atoms with Crippen molar-refractivity contribution in [2.75, 3.05) is 26.3 Å². The van der Waals surface area contributed by atoms with Crippen LogP contribution in [0.5, 0.6) is 5.75 Å². The number of ether oxygens (including phenoxy) is 2. The van der Waals surface area contributed by atoms with Crippen molar-refractivity contribution in [3.8, 4) is 5.75 Å². The van der Waals surface area contributed by atoms with Crippen LogP contribution in [0.3, 0.4) is 0 Å². The van der Waals surface area contributed by atoms with Gasteiger partial charge in [0, 0.05) is 19.0 Å². The molecule has 5 heteroatoms. The first-order valence-electron chi connectivity index (χ1n) is 7.47. The predicted molar refractivity (Wildman–Crippen MR) is 77.2 cm³/mol. The van der Waals surface area contributed by atoms with Crippen molar-refractivity contribution in [1.29, 1.82) is 0 Å². The van der Waals surface area contributed by atoms with Gasteiger partial charge in [0.2, 0.25) is 0 Å². The van der Waals surface area contributed by atoms with Gasteiger partial charge in [-0.3, -0.25) is 4.79 Å². The molecule has 2 saturated heterocycles. The molecule has 2 aliphatic rings. The predicted octanol–water partition coefficient (Wildman–Crippen LogP) is 1.93. The number of hydrogen-bond donors (Lipinski definition) is 1. The molecule has 1 amide bonds. The second-order valence-corrected chi connectivity index (χ2v) is 5.78. The molecule has 0 radical (unpaired) electrons. The van der Waals surface area contributed by atoms with Crippen LogP contribution in [0.25, 0.3) is 0 Å². The topological polar surface area (TPSA) is 59.0 Å². The first-order valence-corrected chi connectivity index (χ1v) is 7.47. The van der Waals surface area contributed by atoms with Crippen LogP contribution in [0, 0.1) is 12.8 Å². The Morgan fingerprint density at radius 2 is 2.10 bits per heavy atom. The summed E-state index contributed by atoms with van der Waals surface area (Å²) in [5, 5.41) is 9.92. The smallest absolute Gasteiger partial charge is 0.257 e. The Bertz CT molecular complexity index is 525. The van der Waals surface area contributed by atoms with Gasteiger partial charge >= 0.3 is 0 Å². The molecule has 1 atom stereocenters. The van der Waals surface area contributed by atoms with Gasteiger partial charge in [0.05, 0.1) is 18.8 Å². The zero-order chi connectivity index (χ0) is 14.8. The average Bonchev–Trinajstić information content (AvgIpc) is 3.03. The third kappa shape index (κ3) is 3.04. The number of amides is 1. The number of piperidine rings is 1. The summed E-state index contributed by atoms with van der Waals surface area (Å²) < 4.78 is 11.1. The third-order valence-corrected chi connectivity index (χ3v) is 4.16. The molecule has 0 spiro atoms. The maximum atomic E-state index is 12.6. The lowest BCUT2D eigenvalue weighted by Crippen LogP contribution is -2.43. The lowest BCUT2D eigenvalue weighted by Gasteiger charge is -2.34. The van der Waals surface area contributed by atoms with Crippen molar-refractivity contribution in [2.45, 2.75) is 26.1 Å². The molecular formula is C16H21NO4. The van der Waals surface area contributed by atoms with Gasteiger partial charge in [-0.05, 0) is 31.9 Å². The Morgan fingerprint density at radius 1 is 1.33 bits per heavy atom. The number of rotatable bonds is 2. The highest BCUT2D eigenvalue weighted by atomic mass is 16.7. The highest BCUT2D eigenvalue weighted by molar-refractivity contribution is 5.97. The van der Waals surface area contributed by atoms with E-state index < -0.39 is 0 Å². The SMILES string of the molecule is Cc1ccc(O)c(C(=O)N2CCC[C@H](C3OCCO3)C2)c1. The molecule has 3 rings (SSSR count). The summed E-state index contributed by atoms with van der Waals surface area (Å²) in [6.45, 7) is 4.52. The number of carbonyl (C=O) groups excluding carboxylic acids is 1. The summed E-state index contributed by atoms with van der Waals surface area (Å²) in [6.07, 6.45) is 1.76. The number of benzene rings is 1. The van der Waals surface area contributed by atoms with Crippen molar-refractivity contribution in [1.82, 2.24) is 4.90 Å². The van der Waals surface area contributed by atoms with Gasteiger partial charge in [0.25, 0.3) is 5.91 Å². The van der Waals surface area contributed by atoms with Crippen molar-refractivity contribution in [3.05, 3.63) is 29.3 Å². The molecule has 114 valence electrons. The van der Waals surface area contributed by atoms with Crippen LogP contribution in [0.2, 0.25) is 0 Å². The highest BCUT2D eigenvalue weighted by Crippen LogP contribution is 2.27. The van der Waals surface area contributed by atoms with Crippen LogP contribution in [-0.2, 0) is 9.47 Å². The third-order valence-electron chi connectivity index (χ3n) is 4.16. The second kappa shape index (κ2) is 6.03. The van der Waals surface area contributed by atoms with Gasteiger partial charge in [-0.1, -0.05) is 11.6 Å². The molecular weight excluding hydrogens is 270 g/mol. The molecule has 0 aliphatic carbocycles. The van der Waals surface area contributed by atoms with E-state index >= 15 is 0 Å². The summed E-state index contributed by atoms with van der Waals surface area (Å²) in [6, 6.07) is 5.11. The number of phenols is 1. The Balaban J connectivity index is 1.73. The van der Waals surface area contributed by atoms with Crippen molar-refractivity contribution < 1.29 is 19.4 Å². The largest absolute Gasteiger partial charge is 0.507 e. The fourth-order valence-electron chi connectivity index (χ4n) is 3.06. The first kappa shape index (κ1) is 14.4. The molecule has 1 N–H and O–H groups in total. The minimum absolute atomic E-state index is 0.0427.